The maximum Gasteiger partial charge on any atom is 0.416 e. The van der Waals surface area contributed by atoms with Crippen LogP contribution in [-0.2, 0) is 16.0 Å². The molecule has 1 fully saturated rings. The molecule has 184 valence electrons. The van der Waals surface area contributed by atoms with Crippen LogP contribution in [0, 0.1) is 0 Å². The summed E-state index contributed by atoms with van der Waals surface area (Å²) in [6, 6.07) is 8.49. The van der Waals surface area contributed by atoms with E-state index in [1.54, 1.807) is 0 Å². The van der Waals surface area contributed by atoms with Crippen LogP contribution in [0.4, 0.5) is 23.7 Å². The van der Waals surface area contributed by atoms with Crippen molar-refractivity contribution in [2.75, 3.05) is 51.4 Å². The lowest BCUT2D eigenvalue weighted by Gasteiger charge is -2.36. The lowest BCUT2D eigenvalue weighted by Crippen LogP contribution is -2.49. The van der Waals surface area contributed by atoms with Crippen molar-refractivity contribution in [3.8, 4) is 5.75 Å². The van der Waals surface area contributed by atoms with Gasteiger partial charge in [-0.1, -0.05) is 0 Å². The molecule has 2 aromatic carbocycles. The zero-order chi connectivity index (χ0) is 25.3. The molecule has 12 heteroatoms. The maximum absolute atomic E-state index is 13.2. The minimum Gasteiger partial charge on any atom is -0.409 e. The Morgan fingerprint density at radius 1 is 0.971 bits per heavy atom. The van der Waals surface area contributed by atoms with E-state index < -0.39 is 33.6 Å². The van der Waals surface area contributed by atoms with Gasteiger partial charge in [-0.2, -0.15) is 13.2 Å². The van der Waals surface area contributed by atoms with Crippen molar-refractivity contribution in [2.45, 2.75) is 11.1 Å². The Kier molecular flexibility index (Phi) is 7.10. The number of carbonyl (C=O) groups is 2. The number of nitrogens with zero attached hydrogens (tertiary/aromatic N) is 3. The molecule has 0 spiro atoms. The third kappa shape index (κ3) is 5.79. The van der Waals surface area contributed by atoms with E-state index in [0.29, 0.717) is 18.8 Å². The summed E-state index contributed by atoms with van der Waals surface area (Å²) in [4.78, 5) is 29.7. The van der Waals surface area contributed by atoms with Crippen molar-refractivity contribution < 1.29 is 35.9 Å². The number of sulfone groups is 1. The molecule has 1 saturated heterocycles. The maximum atomic E-state index is 13.2. The SMILES string of the molecule is CN(C)C(=O)Oc1ccc(S(C)(=O)=O)cc1C(=O)N1CCN(c2ccc(C(F)(F)F)cc2)CC1. The van der Waals surface area contributed by atoms with Gasteiger partial charge < -0.3 is 19.4 Å². The smallest absolute Gasteiger partial charge is 0.409 e. The molecule has 1 aliphatic rings. The van der Waals surface area contributed by atoms with Gasteiger partial charge in [0.25, 0.3) is 5.91 Å². The highest BCUT2D eigenvalue weighted by Gasteiger charge is 2.31. The van der Waals surface area contributed by atoms with E-state index in [4.69, 9.17) is 4.74 Å². The highest BCUT2D eigenvalue weighted by molar-refractivity contribution is 7.90. The molecule has 1 heterocycles. The van der Waals surface area contributed by atoms with Crippen LogP contribution in [0.25, 0.3) is 0 Å². The normalized spacial score (nSPS) is 14.6. The van der Waals surface area contributed by atoms with Gasteiger partial charge >= 0.3 is 12.3 Å². The molecule has 2 amide bonds. The second-order valence-corrected chi connectivity index (χ2v) is 10.0. The summed E-state index contributed by atoms with van der Waals surface area (Å²) in [6.07, 6.45) is -4.14. The minimum atomic E-state index is -4.42. The summed E-state index contributed by atoms with van der Waals surface area (Å²) in [7, 11) is -0.685. The van der Waals surface area contributed by atoms with Gasteiger partial charge in [0.15, 0.2) is 9.84 Å². The molecule has 34 heavy (non-hydrogen) atoms. The number of hydrogen-bond acceptors (Lipinski definition) is 6. The molecule has 0 bridgehead atoms. The topological polar surface area (TPSA) is 87.2 Å². The van der Waals surface area contributed by atoms with Crippen molar-refractivity contribution >= 4 is 27.5 Å². The molecule has 3 rings (SSSR count). The van der Waals surface area contributed by atoms with Crippen molar-refractivity contribution in [1.82, 2.24) is 9.80 Å². The van der Waals surface area contributed by atoms with Crippen LogP contribution in [0.5, 0.6) is 5.75 Å². The first kappa shape index (κ1) is 25.3. The summed E-state index contributed by atoms with van der Waals surface area (Å²) in [5.41, 5.74) is -0.212. The van der Waals surface area contributed by atoms with Crippen LogP contribution in [0.1, 0.15) is 15.9 Å². The average molecular weight is 500 g/mol. The third-order valence-electron chi connectivity index (χ3n) is 5.30. The molecule has 1 aliphatic heterocycles. The summed E-state index contributed by atoms with van der Waals surface area (Å²) in [5.74, 6) is -0.583. The van der Waals surface area contributed by atoms with Gasteiger partial charge in [-0.25, -0.2) is 13.2 Å². The van der Waals surface area contributed by atoms with Gasteiger partial charge in [0.2, 0.25) is 0 Å². The van der Waals surface area contributed by atoms with E-state index >= 15 is 0 Å². The Bertz CT molecular complexity index is 1170. The molecule has 8 nitrogen and oxygen atoms in total. The van der Waals surface area contributed by atoms with Crippen LogP contribution in [0.15, 0.2) is 47.4 Å². The highest BCUT2D eigenvalue weighted by atomic mass is 32.2. The molecule has 0 N–H and O–H groups in total. The average Bonchev–Trinajstić information content (AvgIpc) is 2.77. The van der Waals surface area contributed by atoms with E-state index in [1.807, 2.05) is 4.90 Å². The Hall–Kier alpha value is -3.28. The molecule has 0 saturated carbocycles. The number of ether oxygens (including phenoxy) is 1. The number of rotatable bonds is 4. The quantitative estimate of drug-likeness (QED) is 0.643. The van der Waals surface area contributed by atoms with Crippen LogP contribution in [-0.4, -0.2) is 76.7 Å². The second kappa shape index (κ2) is 9.53. The molecule has 0 atom stereocenters. The monoisotopic (exact) mass is 499 g/mol. The summed E-state index contributed by atoms with van der Waals surface area (Å²) in [5, 5.41) is 0. The number of benzene rings is 2. The van der Waals surface area contributed by atoms with E-state index in [9.17, 15) is 31.2 Å². The van der Waals surface area contributed by atoms with Crippen LogP contribution in [0.3, 0.4) is 0 Å². The van der Waals surface area contributed by atoms with Crippen molar-refractivity contribution in [3.63, 3.8) is 0 Å². The molecule has 2 aromatic rings. The van der Waals surface area contributed by atoms with Crippen molar-refractivity contribution in [2.24, 2.45) is 0 Å². The molecule has 0 aromatic heterocycles. The Balaban J connectivity index is 1.78. The fourth-order valence-electron chi connectivity index (χ4n) is 3.38. The van der Waals surface area contributed by atoms with E-state index in [1.165, 1.54) is 54.2 Å². The lowest BCUT2D eigenvalue weighted by molar-refractivity contribution is -0.137. The second-order valence-electron chi connectivity index (χ2n) is 8.02. The largest absolute Gasteiger partial charge is 0.416 e. The summed E-state index contributed by atoms with van der Waals surface area (Å²) in [6.45, 7) is 1.19. The number of halogens is 3. The Morgan fingerprint density at radius 3 is 2.06 bits per heavy atom. The van der Waals surface area contributed by atoms with Gasteiger partial charge in [-0.3, -0.25) is 4.79 Å². The van der Waals surface area contributed by atoms with Crippen molar-refractivity contribution in [3.05, 3.63) is 53.6 Å². The predicted molar refractivity (Wildman–Crippen MR) is 119 cm³/mol. The highest BCUT2D eigenvalue weighted by Crippen LogP contribution is 2.31. The van der Waals surface area contributed by atoms with Gasteiger partial charge in [-0.15, -0.1) is 0 Å². The van der Waals surface area contributed by atoms with E-state index in [0.717, 1.165) is 18.4 Å². The third-order valence-corrected chi connectivity index (χ3v) is 6.41. The number of amides is 2. The van der Waals surface area contributed by atoms with Crippen LogP contribution >= 0.6 is 0 Å². The number of alkyl halides is 3. The van der Waals surface area contributed by atoms with Gasteiger partial charge in [0.1, 0.15) is 5.75 Å². The zero-order valence-corrected chi connectivity index (χ0v) is 19.6. The first-order chi connectivity index (χ1) is 15.8. The van der Waals surface area contributed by atoms with Crippen molar-refractivity contribution in [1.29, 1.82) is 0 Å². The fourth-order valence-corrected chi connectivity index (χ4v) is 4.03. The molecular formula is C22H24F3N3O5S. The Labute approximate surface area is 195 Å². The van der Waals surface area contributed by atoms with Gasteiger partial charge in [-0.05, 0) is 42.5 Å². The van der Waals surface area contributed by atoms with Crippen LogP contribution in [0.2, 0.25) is 0 Å². The molecular weight excluding hydrogens is 475 g/mol. The Morgan fingerprint density at radius 2 is 1.56 bits per heavy atom. The number of anilines is 1. The van der Waals surface area contributed by atoms with Gasteiger partial charge in [0.05, 0.1) is 16.0 Å². The van der Waals surface area contributed by atoms with E-state index in [2.05, 4.69) is 0 Å². The molecule has 0 unspecified atom stereocenters. The van der Waals surface area contributed by atoms with E-state index in [-0.39, 0.29) is 29.3 Å². The molecule has 0 aliphatic carbocycles. The molecule has 0 radical (unpaired) electrons. The fraction of sp³-hybridized carbons (Fsp3) is 0.364. The standard InChI is InChI=1S/C22H24F3N3O5S/c1-26(2)21(30)33-19-9-8-17(34(3,31)32)14-18(19)20(29)28-12-10-27(11-13-28)16-6-4-15(5-7-16)22(23,24)25/h4-9,14H,10-13H2,1-3H3. The first-order valence-corrected chi connectivity index (χ1v) is 12.1. The lowest BCUT2D eigenvalue weighted by atomic mass is 10.1. The minimum absolute atomic E-state index is 0.0683. The predicted octanol–water partition coefficient (Wildman–Crippen LogP) is 3.13. The first-order valence-electron chi connectivity index (χ1n) is 10.2. The summed E-state index contributed by atoms with van der Waals surface area (Å²) >= 11 is 0. The number of carbonyl (C=O) groups excluding carboxylic acids is 2. The summed E-state index contributed by atoms with van der Waals surface area (Å²) < 4.78 is 67.6. The number of piperazine rings is 1. The van der Waals surface area contributed by atoms with Gasteiger partial charge in [0, 0.05) is 52.2 Å². The zero-order valence-electron chi connectivity index (χ0n) is 18.8. The van der Waals surface area contributed by atoms with Crippen LogP contribution < -0.4 is 9.64 Å². The number of hydrogen-bond donors (Lipinski definition) is 0.